The van der Waals surface area contributed by atoms with E-state index in [-0.39, 0.29) is 0 Å². The fourth-order valence-corrected chi connectivity index (χ4v) is 2.14. The van der Waals surface area contributed by atoms with Crippen molar-refractivity contribution in [2.45, 2.75) is 6.54 Å². The lowest BCUT2D eigenvalue weighted by atomic mass is 10.2. The first-order valence-corrected chi connectivity index (χ1v) is 5.94. The van der Waals surface area contributed by atoms with E-state index in [4.69, 9.17) is 0 Å². The van der Waals surface area contributed by atoms with Gasteiger partial charge in [-0.3, -0.25) is 0 Å². The third-order valence-corrected chi connectivity index (χ3v) is 3.41. The summed E-state index contributed by atoms with van der Waals surface area (Å²) in [5.74, 6) is 1.02. The first-order valence-electron chi connectivity index (χ1n) is 5.15. The molecule has 0 unspecified atom stereocenters. The molecule has 2 rings (SSSR count). The SMILES string of the molecule is CNCc1nc(-c2ccccc2)c(Br)n1C. The Kier molecular flexibility index (Phi) is 3.41. The highest BCUT2D eigenvalue weighted by Gasteiger charge is 2.12. The van der Waals surface area contributed by atoms with Crippen LogP contribution in [0, 0.1) is 0 Å². The molecule has 1 aromatic carbocycles. The number of halogens is 1. The molecule has 0 bridgehead atoms. The van der Waals surface area contributed by atoms with Gasteiger partial charge in [0.05, 0.1) is 6.54 Å². The van der Waals surface area contributed by atoms with Crippen LogP contribution >= 0.6 is 15.9 Å². The Balaban J connectivity index is 2.46. The van der Waals surface area contributed by atoms with Crippen LogP contribution < -0.4 is 5.32 Å². The minimum Gasteiger partial charge on any atom is -0.324 e. The van der Waals surface area contributed by atoms with E-state index in [1.165, 1.54) is 0 Å². The van der Waals surface area contributed by atoms with Gasteiger partial charge in [-0.2, -0.15) is 0 Å². The van der Waals surface area contributed by atoms with Crippen molar-refractivity contribution >= 4 is 15.9 Å². The molecule has 1 aromatic heterocycles. The van der Waals surface area contributed by atoms with E-state index in [1.54, 1.807) is 0 Å². The summed E-state index contributed by atoms with van der Waals surface area (Å²) in [6.45, 7) is 0.766. The van der Waals surface area contributed by atoms with Crippen LogP contribution in [-0.2, 0) is 13.6 Å². The third-order valence-electron chi connectivity index (χ3n) is 2.50. The van der Waals surface area contributed by atoms with Crippen LogP contribution in [0.15, 0.2) is 34.9 Å². The fraction of sp³-hybridized carbons (Fsp3) is 0.250. The molecule has 0 atom stereocenters. The highest BCUT2D eigenvalue weighted by Crippen LogP contribution is 2.27. The van der Waals surface area contributed by atoms with Crippen LogP contribution in [0.25, 0.3) is 11.3 Å². The summed E-state index contributed by atoms with van der Waals surface area (Å²) in [6.07, 6.45) is 0. The van der Waals surface area contributed by atoms with Crippen molar-refractivity contribution in [3.63, 3.8) is 0 Å². The van der Waals surface area contributed by atoms with E-state index in [9.17, 15) is 0 Å². The molecule has 0 aliphatic carbocycles. The highest BCUT2D eigenvalue weighted by molar-refractivity contribution is 9.10. The first-order chi connectivity index (χ1) is 7.74. The third kappa shape index (κ3) is 2.03. The smallest absolute Gasteiger partial charge is 0.124 e. The minimum absolute atomic E-state index is 0.766. The van der Waals surface area contributed by atoms with Crippen molar-refractivity contribution < 1.29 is 0 Å². The first kappa shape index (κ1) is 11.4. The Labute approximate surface area is 104 Å². The second-order valence-electron chi connectivity index (χ2n) is 3.62. The summed E-state index contributed by atoms with van der Waals surface area (Å²) in [5, 5.41) is 3.11. The summed E-state index contributed by atoms with van der Waals surface area (Å²) >= 11 is 3.58. The molecule has 1 heterocycles. The predicted molar refractivity (Wildman–Crippen MR) is 69.1 cm³/mol. The van der Waals surface area contributed by atoms with Gasteiger partial charge in [-0.1, -0.05) is 30.3 Å². The van der Waals surface area contributed by atoms with Gasteiger partial charge in [0, 0.05) is 12.6 Å². The summed E-state index contributed by atoms with van der Waals surface area (Å²) in [6, 6.07) is 10.2. The van der Waals surface area contributed by atoms with Crippen LogP contribution in [0.3, 0.4) is 0 Å². The van der Waals surface area contributed by atoms with Crippen LogP contribution in [-0.4, -0.2) is 16.6 Å². The molecular weight excluding hydrogens is 266 g/mol. The molecule has 4 heteroatoms. The maximum atomic E-state index is 4.62. The molecule has 0 saturated carbocycles. The van der Waals surface area contributed by atoms with E-state index >= 15 is 0 Å². The largest absolute Gasteiger partial charge is 0.324 e. The van der Waals surface area contributed by atoms with Gasteiger partial charge in [0.1, 0.15) is 16.1 Å². The van der Waals surface area contributed by atoms with Gasteiger partial charge < -0.3 is 9.88 Å². The van der Waals surface area contributed by atoms with Crippen molar-refractivity contribution in [3.05, 3.63) is 40.8 Å². The minimum atomic E-state index is 0.766. The van der Waals surface area contributed by atoms with Crippen molar-refractivity contribution in [3.8, 4) is 11.3 Å². The van der Waals surface area contributed by atoms with Crippen molar-refractivity contribution in [2.24, 2.45) is 7.05 Å². The number of imidazole rings is 1. The van der Waals surface area contributed by atoms with Gasteiger partial charge in [0.2, 0.25) is 0 Å². The van der Waals surface area contributed by atoms with Crippen molar-refractivity contribution in [1.29, 1.82) is 0 Å². The predicted octanol–water partition coefficient (Wildman–Crippen LogP) is 2.57. The number of rotatable bonds is 3. The second kappa shape index (κ2) is 4.80. The van der Waals surface area contributed by atoms with Crippen LogP contribution in [0.1, 0.15) is 5.82 Å². The van der Waals surface area contributed by atoms with Gasteiger partial charge in [-0.25, -0.2) is 4.98 Å². The summed E-state index contributed by atoms with van der Waals surface area (Å²) < 4.78 is 3.07. The van der Waals surface area contributed by atoms with Gasteiger partial charge in [-0.15, -0.1) is 0 Å². The second-order valence-corrected chi connectivity index (χ2v) is 4.37. The number of hydrogen-bond acceptors (Lipinski definition) is 2. The molecule has 0 amide bonds. The lowest BCUT2D eigenvalue weighted by Crippen LogP contribution is -2.10. The molecule has 1 N–H and O–H groups in total. The Morgan fingerprint density at radius 2 is 2.00 bits per heavy atom. The molecule has 0 aliphatic heterocycles. The lowest BCUT2D eigenvalue weighted by molar-refractivity contribution is 0.704. The van der Waals surface area contributed by atoms with E-state index in [1.807, 2.05) is 32.3 Å². The Morgan fingerprint density at radius 3 is 2.62 bits per heavy atom. The zero-order valence-electron chi connectivity index (χ0n) is 9.37. The quantitative estimate of drug-likeness (QED) is 0.936. The number of nitrogens with one attached hydrogen (secondary N) is 1. The van der Waals surface area contributed by atoms with Crippen molar-refractivity contribution in [1.82, 2.24) is 14.9 Å². The van der Waals surface area contributed by atoms with Crippen LogP contribution in [0.5, 0.6) is 0 Å². The molecule has 0 saturated heterocycles. The molecule has 0 aliphatic rings. The summed E-state index contributed by atoms with van der Waals surface area (Å²) in [5.41, 5.74) is 2.13. The molecule has 16 heavy (non-hydrogen) atoms. The molecular formula is C12H14BrN3. The normalized spacial score (nSPS) is 10.7. The van der Waals surface area contributed by atoms with Gasteiger partial charge in [-0.05, 0) is 23.0 Å². The Bertz CT molecular complexity index is 477. The number of nitrogens with zero attached hydrogens (tertiary/aromatic N) is 2. The average Bonchev–Trinajstić information content (AvgIpc) is 2.59. The Morgan fingerprint density at radius 1 is 1.31 bits per heavy atom. The zero-order chi connectivity index (χ0) is 11.5. The van der Waals surface area contributed by atoms with E-state index < -0.39 is 0 Å². The standard InChI is InChI=1S/C12H14BrN3/c1-14-8-10-15-11(12(13)16(10)2)9-6-4-3-5-7-9/h3-7,14H,8H2,1-2H3. The van der Waals surface area contributed by atoms with E-state index in [0.717, 1.165) is 28.2 Å². The number of aromatic nitrogens is 2. The molecule has 84 valence electrons. The van der Waals surface area contributed by atoms with Crippen molar-refractivity contribution in [2.75, 3.05) is 7.05 Å². The maximum Gasteiger partial charge on any atom is 0.124 e. The summed E-state index contributed by atoms with van der Waals surface area (Å²) in [4.78, 5) is 4.62. The Hall–Kier alpha value is -1.13. The van der Waals surface area contributed by atoms with Crippen LogP contribution in [0.2, 0.25) is 0 Å². The fourth-order valence-electron chi connectivity index (χ4n) is 1.62. The molecule has 0 fully saturated rings. The van der Waals surface area contributed by atoms with E-state index in [0.29, 0.717) is 0 Å². The number of benzene rings is 1. The zero-order valence-corrected chi connectivity index (χ0v) is 11.0. The highest BCUT2D eigenvalue weighted by atomic mass is 79.9. The molecule has 0 radical (unpaired) electrons. The summed E-state index contributed by atoms with van der Waals surface area (Å²) in [7, 11) is 3.93. The average molecular weight is 280 g/mol. The lowest BCUT2D eigenvalue weighted by Gasteiger charge is -2.00. The molecule has 3 nitrogen and oxygen atoms in total. The topological polar surface area (TPSA) is 29.9 Å². The van der Waals surface area contributed by atoms with Crippen LogP contribution in [0.4, 0.5) is 0 Å². The molecule has 0 spiro atoms. The number of hydrogen-bond donors (Lipinski definition) is 1. The monoisotopic (exact) mass is 279 g/mol. The van der Waals surface area contributed by atoms with Gasteiger partial charge in [0.25, 0.3) is 0 Å². The van der Waals surface area contributed by atoms with Gasteiger partial charge in [0.15, 0.2) is 0 Å². The maximum absolute atomic E-state index is 4.62. The van der Waals surface area contributed by atoms with E-state index in [2.05, 4.69) is 42.9 Å². The van der Waals surface area contributed by atoms with Gasteiger partial charge >= 0.3 is 0 Å². The molecule has 2 aromatic rings.